The highest BCUT2D eigenvalue weighted by molar-refractivity contribution is 9.14. The van der Waals surface area contributed by atoms with Gasteiger partial charge in [0.05, 0.1) is 28.5 Å². The van der Waals surface area contributed by atoms with Crippen LogP contribution < -0.4 is 10.1 Å². The van der Waals surface area contributed by atoms with Gasteiger partial charge in [-0.25, -0.2) is 0 Å². The molecule has 0 fully saturated rings. The maximum Gasteiger partial charge on any atom is 0.234 e. The molecule has 0 radical (unpaired) electrons. The first-order valence-electron chi connectivity index (χ1n) is 7.49. The van der Waals surface area contributed by atoms with Crippen molar-refractivity contribution in [3.63, 3.8) is 0 Å². The standard InChI is InChI=1S/C18H13Br3N2O2S/c1-25-18-12(8-11(19)15(20)16(18)21)23-14(24)9-26-13-6-2-4-10-5-3-7-22-17(10)13/h2-8H,9H2,1H3,(H,23,24). The second-order valence-electron chi connectivity index (χ2n) is 5.24. The molecule has 2 aromatic carbocycles. The predicted octanol–water partition coefficient (Wildman–Crippen LogP) is 6.26. The summed E-state index contributed by atoms with van der Waals surface area (Å²) in [5.41, 5.74) is 1.50. The Balaban J connectivity index is 1.76. The number of rotatable bonds is 5. The number of halogens is 3. The number of methoxy groups -OCH3 is 1. The third kappa shape index (κ3) is 4.24. The van der Waals surface area contributed by atoms with E-state index in [4.69, 9.17) is 4.74 Å². The van der Waals surface area contributed by atoms with Crippen LogP contribution in [0.4, 0.5) is 5.69 Å². The third-order valence-electron chi connectivity index (χ3n) is 3.55. The normalized spacial score (nSPS) is 10.8. The van der Waals surface area contributed by atoms with E-state index >= 15 is 0 Å². The molecule has 1 aromatic heterocycles. The van der Waals surface area contributed by atoms with Gasteiger partial charge in [-0.15, -0.1) is 11.8 Å². The van der Waals surface area contributed by atoms with E-state index in [1.54, 1.807) is 19.4 Å². The van der Waals surface area contributed by atoms with Crippen LogP contribution in [0, 0.1) is 0 Å². The number of nitrogens with one attached hydrogen (secondary N) is 1. The molecular weight excluding hydrogens is 548 g/mol. The van der Waals surface area contributed by atoms with E-state index in [-0.39, 0.29) is 11.7 Å². The van der Waals surface area contributed by atoms with Gasteiger partial charge in [0, 0.05) is 25.4 Å². The van der Waals surface area contributed by atoms with Crippen molar-refractivity contribution in [2.45, 2.75) is 4.90 Å². The topological polar surface area (TPSA) is 51.2 Å². The lowest BCUT2D eigenvalue weighted by Gasteiger charge is -2.14. The molecule has 3 rings (SSSR count). The average molecular weight is 561 g/mol. The number of hydrogen-bond acceptors (Lipinski definition) is 4. The zero-order chi connectivity index (χ0) is 18.7. The van der Waals surface area contributed by atoms with Crippen LogP contribution in [0.2, 0.25) is 0 Å². The van der Waals surface area contributed by atoms with Crippen molar-refractivity contribution in [2.75, 3.05) is 18.2 Å². The minimum absolute atomic E-state index is 0.123. The molecule has 134 valence electrons. The van der Waals surface area contributed by atoms with Gasteiger partial charge in [-0.05, 0) is 66.0 Å². The van der Waals surface area contributed by atoms with Crippen LogP contribution in [-0.4, -0.2) is 23.8 Å². The van der Waals surface area contributed by atoms with Crippen LogP contribution in [0.15, 0.2) is 60.9 Å². The van der Waals surface area contributed by atoms with Gasteiger partial charge >= 0.3 is 0 Å². The average Bonchev–Trinajstić information content (AvgIpc) is 2.65. The van der Waals surface area contributed by atoms with E-state index in [1.807, 2.05) is 30.3 Å². The number of aromatic nitrogens is 1. The van der Waals surface area contributed by atoms with Crippen molar-refractivity contribution in [1.29, 1.82) is 0 Å². The summed E-state index contributed by atoms with van der Waals surface area (Å²) in [5, 5.41) is 3.96. The van der Waals surface area contributed by atoms with Crippen LogP contribution in [0.5, 0.6) is 5.75 Å². The number of anilines is 1. The van der Waals surface area contributed by atoms with Crippen molar-refractivity contribution in [1.82, 2.24) is 4.98 Å². The molecule has 4 nitrogen and oxygen atoms in total. The number of carbonyl (C=O) groups excluding carboxylic acids is 1. The van der Waals surface area contributed by atoms with Gasteiger partial charge < -0.3 is 10.1 Å². The molecular formula is C18H13Br3N2O2S. The van der Waals surface area contributed by atoms with Gasteiger partial charge in [0.2, 0.25) is 5.91 Å². The third-order valence-corrected chi connectivity index (χ3v) is 7.87. The Bertz CT molecular complexity index is 977. The summed E-state index contributed by atoms with van der Waals surface area (Å²) in [7, 11) is 1.56. The monoisotopic (exact) mass is 558 g/mol. The van der Waals surface area contributed by atoms with Crippen molar-refractivity contribution >= 4 is 82.0 Å². The Hall–Kier alpha value is -1.09. The Morgan fingerprint density at radius 2 is 1.96 bits per heavy atom. The van der Waals surface area contributed by atoms with Crippen molar-refractivity contribution in [3.05, 3.63) is 56.0 Å². The minimum atomic E-state index is -0.123. The van der Waals surface area contributed by atoms with E-state index in [0.29, 0.717) is 11.4 Å². The van der Waals surface area contributed by atoms with Gasteiger partial charge in [-0.2, -0.15) is 0 Å². The van der Waals surface area contributed by atoms with E-state index in [0.717, 1.165) is 29.2 Å². The smallest absolute Gasteiger partial charge is 0.234 e. The zero-order valence-corrected chi connectivity index (χ0v) is 19.1. The molecule has 0 bridgehead atoms. The number of hydrogen-bond donors (Lipinski definition) is 1. The van der Waals surface area contributed by atoms with E-state index in [2.05, 4.69) is 58.1 Å². The maximum absolute atomic E-state index is 12.4. The number of para-hydroxylation sites is 1. The molecule has 0 aliphatic heterocycles. The van der Waals surface area contributed by atoms with Crippen LogP contribution >= 0.6 is 59.6 Å². The molecule has 26 heavy (non-hydrogen) atoms. The highest BCUT2D eigenvalue weighted by atomic mass is 79.9. The molecule has 1 amide bonds. The highest BCUT2D eigenvalue weighted by Crippen LogP contribution is 2.43. The second-order valence-corrected chi connectivity index (χ2v) is 8.69. The largest absolute Gasteiger partial charge is 0.493 e. The molecule has 0 saturated heterocycles. The SMILES string of the molecule is COc1c(NC(=O)CSc2cccc3cccnc23)cc(Br)c(Br)c1Br. The van der Waals surface area contributed by atoms with Crippen molar-refractivity contribution < 1.29 is 9.53 Å². The molecule has 3 aromatic rings. The fraction of sp³-hybridized carbons (Fsp3) is 0.111. The molecule has 0 aliphatic rings. The molecule has 0 unspecified atom stereocenters. The predicted molar refractivity (Wildman–Crippen MR) is 117 cm³/mol. The van der Waals surface area contributed by atoms with Crippen LogP contribution in [0.1, 0.15) is 0 Å². The van der Waals surface area contributed by atoms with Gasteiger partial charge in [0.25, 0.3) is 0 Å². The quantitative estimate of drug-likeness (QED) is 0.295. The first kappa shape index (κ1) is 19.7. The minimum Gasteiger partial charge on any atom is -0.493 e. The van der Waals surface area contributed by atoms with Crippen LogP contribution in [0.25, 0.3) is 10.9 Å². The number of fused-ring (bicyclic) bond motifs is 1. The highest BCUT2D eigenvalue weighted by Gasteiger charge is 2.16. The van der Waals surface area contributed by atoms with Gasteiger partial charge in [-0.3, -0.25) is 9.78 Å². The summed E-state index contributed by atoms with van der Waals surface area (Å²) in [6.45, 7) is 0. The summed E-state index contributed by atoms with van der Waals surface area (Å²) in [5.74, 6) is 0.706. The van der Waals surface area contributed by atoms with Crippen LogP contribution in [0.3, 0.4) is 0 Å². The molecule has 0 spiro atoms. The molecule has 1 heterocycles. The first-order valence-corrected chi connectivity index (χ1v) is 10.9. The van der Waals surface area contributed by atoms with Gasteiger partial charge in [0.15, 0.2) is 5.75 Å². The fourth-order valence-electron chi connectivity index (χ4n) is 2.39. The van der Waals surface area contributed by atoms with Crippen molar-refractivity contribution in [2.24, 2.45) is 0 Å². The summed E-state index contributed by atoms with van der Waals surface area (Å²) in [6, 6.07) is 11.7. The Morgan fingerprint density at radius 1 is 1.19 bits per heavy atom. The first-order chi connectivity index (χ1) is 12.5. The molecule has 0 saturated carbocycles. The lowest BCUT2D eigenvalue weighted by atomic mass is 10.2. The summed E-state index contributed by atoms with van der Waals surface area (Å²) < 4.78 is 7.77. The number of pyridine rings is 1. The molecule has 0 atom stereocenters. The summed E-state index contributed by atoms with van der Waals surface area (Å²) in [4.78, 5) is 17.8. The number of carbonyl (C=O) groups is 1. The second kappa shape index (κ2) is 8.73. The number of nitrogens with zero attached hydrogens (tertiary/aromatic N) is 1. The Labute approximate surface area is 180 Å². The van der Waals surface area contributed by atoms with E-state index in [9.17, 15) is 4.79 Å². The molecule has 0 aliphatic carbocycles. The van der Waals surface area contributed by atoms with Crippen LogP contribution in [-0.2, 0) is 4.79 Å². The molecule has 8 heteroatoms. The van der Waals surface area contributed by atoms with E-state index < -0.39 is 0 Å². The Morgan fingerprint density at radius 3 is 2.73 bits per heavy atom. The van der Waals surface area contributed by atoms with Gasteiger partial charge in [0.1, 0.15) is 0 Å². The fourth-order valence-corrected chi connectivity index (χ4v) is 4.81. The zero-order valence-electron chi connectivity index (χ0n) is 13.6. The summed E-state index contributed by atoms with van der Waals surface area (Å²) >= 11 is 11.8. The maximum atomic E-state index is 12.4. The van der Waals surface area contributed by atoms with Gasteiger partial charge in [-0.1, -0.05) is 18.2 Å². The van der Waals surface area contributed by atoms with Crippen molar-refractivity contribution in [3.8, 4) is 5.75 Å². The lowest BCUT2D eigenvalue weighted by Crippen LogP contribution is -2.15. The molecule has 1 N–H and O–H groups in total. The summed E-state index contributed by atoms with van der Waals surface area (Å²) in [6.07, 6.45) is 1.76. The number of ether oxygens (including phenoxy) is 1. The number of thioether (sulfide) groups is 1. The Kier molecular flexibility index (Phi) is 6.60. The number of benzene rings is 2. The lowest BCUT2D eigenvalue weighted by molar-refractivity contribution is -0.113. The van der Waals surface area contributed by atoms with E-state index in [1.165, 1.54) is 11.8 Å². The number of amides is 1.